The summed E-state index contributed by atoms with van der Waals surface area (Å²) >= 11 is 0. The normalized spacial score (nSPS) is 23.9. The van der Waals surface area contributed by atoms with Gasteiger partial charge in [0.05, 0.1) is 12.6 Å². The van der Waals surface area contributed by atoms with Crippen molar-refractivity contribution in [1.29, 1.82) is 0 Å². The molecule has 0 saturated carbocycles. The van der Waals surface area contributed by atoms with E-state index in [0.717, 1.165) is 4.90 Å². The molecule has 2 amide bonds. The molecule has 90 valence electrons. The van der Waals surface area contributed by atoms with Crippen LogP contribution in [0.4, 0.5) is 0 Å². The first-order valence-electron chi connectivity index (χ1n) is 4.86. The molecule has 1 heterocycles. The lowest BCUT2D eigenvalue weighted by atomic mass is 9.93. The summed E-state index contributed by atoms with van der Waals surface area (Å²) in [6.07, 6.45) is 0.441. The molecule has 0 radical (unpaired) electrons. The number of hydrogen-bond acceptors (Lipinski definition) is 5. The number of rotatable bonds is 4. The number of hydrogen-bond donors (Lipinski definition) is 4. The topological polar surface area (TPSA) is 154 Å². The SMILES string of the molecule is NCC(=O)N1C(=O)C(N)C1CCN=C(N)N. The molecule has 0 aliphatic carbocycles. The molecule has 1 aliphatic rings. The molecule has 1 aliphatic heterocycles. The Bertz CT molecular complexity index is 316. The quantitative estimate of drug-likeness (QED) is 0.224. The van der Waals surface area contributed by atoms with Crippen LogP contribution in [0.2, 0.25) is 0 Å². The summed E-state index contributed by atoms with van der Waals surface area (Å²) in [5.41, 5.74) is 21.0. The largest absolute Gasteiger partial charge is 0.370 e. The molecule has 2 atom stereocenters. The highest BCUT2D eigenvalue weighted by atomic mass is 16.2. The Hall–Kier alpha value is -1.67. The van der Waals surface area contributed by atoms with Crippen LogP contribution in [0.15, 0.2) is 4.99 Å². The van der Waals surface area contributed by atoms with Crippen molar-refractivity contribution in [3.05, 3.63) is 0 Å². The summed E-state index contributed by atoms with van der Waals surface area (Å²) in [7, 11) is 0. The summed E-state index contributed by atoms with van der Waals surface area (Å²) in [5, 5.41) is 0. The van der Waals surface area contributed by atoms with Crippen LogP contribution >= 0.6 is 0 Å². The van der Waals surface area contributed by atoms with Gasteiger partial charge in [-0.15, -0.1) is 0 Å². The molecule has 0 aromatic heterocycles. The molecular formula is C8H16N6O2. The molecular weight excluding hydrogens is 212 g/mol. The van der Waals surface area contributed by atoms with E-state index < -0.39 is 17.9 Å². The smallest absolute Gasteiger partial charge is 0.248 e. The van der Waals surface area contributed by atoms with Crippen LogP contribution in [-0.4, -0.2) is 47.8 Å². The van der Waals surface area contributed by atoms with Crippen molar-refractivity contribution in [2.24, 2.45) is 27.9 Å². The van der Waals surface area contributed by atoms with E-state index in [9.17, 15) is 9.59 Å². The van der Waals surface area contributed by atoms with Crippen LogP contribution in [0.1, 0.15) is 6.42 Å². The zero-order valence-corrected chi connectivity index (χ0v) is 8.80. The van der Waals surface area contributed by atoms with Crippen molar-refractivity contribution in [3.8, 4) is 0 Å². The highest BCUT2D eigenvalue weighted by molar-refractivity contribution is 6.04. The standard InChI is InChI=1S/C8H16N6O2/c9-3-5(15)14-4(6(10)7(14)16)1-2-13-8(11)12/h4,6H,1-3,9-10H2,(H4,11,12,13). The summed E-state index contributed by atoms with van der Waals surface area (Å²) < 4.78 is 0. The number of carbonyl (C=O) groups is 2. The zero-order chi connectivity index (χ0) is 12.3. The number of amides is 2. The zero-order valence-electron chi connectivity index (χ0n) is 8.80. The molecule has 1 fully saturated rings. The van der Waals surface area contributed by atoms with Gasteiger partial charge in [0.25, 0.3) is 0 Å². The molecule has 0 aromatic rings. The number of aliphatic imine (C=N–C) groups is 1. The Morgan fingerprint density at radius 3 is 2.56 bits per heavy atom. The number of guanidine groups is 1. The third kappa shape index (κ3) is 2.28. The number of imide groups is 1. The fourth-order valence-electron chi connectivity index (χ4n) is 1.61. The monoisotopic (exact) mass is 228 g/mol. The van der Waals surface area contributed by atoms with Crippen LogP contribution in [0.5, 0.6) is 0 Å². The van der Waals surface area contributed by atoms with Crippen LogP contribution in [0.25, 0.3) is 0 Å². The maximum Gasteiger partial charge on any atom is 0.248 e. The Balaban J connectivity index is 2.54. The van der Waals surface area contributed by atoms with Gasteiger partial charge >= 0.3 is 0 Å². The highest BCUT2D eigenvalue weighted by Gasteiger charge is 2.47. The molecule has 8 nitrogen and oxygen atoms in total. The number of β-lactam (4-membered cyclic amide) rings is 1. The molecule has 0 spiro atoms. The van der Waals surface area contributed by atoms with Gasteiger partial charge in [-0.3, -0.25) is 19.5 Å². The third-order valence-corrected chi connectivity index (χ3v) is 2.43. The van der Waals surface area contributed by atoms with Crippen molar-refractivity contribution in [2.45, 2.75) is 18.5 Å². The number of nitrogens with zero attached hydrogens (tertiary/aromatic N) is 2. The first-order valence-corrected chi connectivity index (χ1v) is 4.86. The van der Waals surface area contributed by atoms with Gasteiger partial charge in [0.15, 0.2) is 5.96 Å². The lowest BCUT2D eigenvalue weighted by Gasteiger charge is -2.43. The summed E-state index contributed by atoms with van der Waals surface area (Å²) in [4.78, 5) is 27.4. The van der Waals surface area contributed by atoms with Crippen molar-refractivity contribution < 1.29 is 9.59 Å². The van der Waals surface area contributed by atoms with Gasteiger partial charge in [-0.05, 0) is 6.42 Å². The minimum Gasteiger partial charge on any atom is -0.370 e. The van der Waals surface area contributed by atoms with Crippen molar-refractivity contribution in [2.75, 3.05) is 13.1 Å². The van der Waals surface area contributed by atoms with E-state index in [1.54, 1.807) is 0 Å². The van der Waals surface area contributed by atoms with Crippen molar-refractivity contribution in [1.82, 2.24) is 4.90 Å². The Kier molecular flexibility index (Phi) is 3.80. The summed E-state index contributed by atoms with van der Waals surface area (Å²) in [6.45, 7) is 0.111. The van der Waals surface area contributed by atoms with E-state index in [1.807, 2.05) is 0 Å². The van der Waals surface area contributed by atoms with Gasteiger partial charge < -0.3 is 22.9 Å². The van der Waals surface area contributed by atoms with Crippen LogP contribution < -0.4 is 22.9 Å². The van der Waals surface area contributed by atoms with E-state index in [0.29, 0.717) is 13.0 Å². The average molecular weight is 228 g/mol. The van der Waals surface area contributed by atoms with E-state index in [4.69, 9.17) is 22.9 Å². The maximum atomic E-state index is 11.3. The van der Waals surface area contributed by atoms with E-state index in [-0.39, 0.29) is 18.5 Å². The Morgan fingerprint density at radius 1 is 1.44 bits per heavy atom. The van der Waals surface area contributed by atoms with Gasteiger partial charge in [0.2, 0.25) is 11.8 Å². The van der Waals surface area contributed by atoms with Gasteiger partial charge in [0, 0.05) is 6.54 Å². The third-order valence-electron chi connectivity index (χ3n) is 2.43. The van der Waals surface area contributed by atoms with Crippen LogP contribution in [0.3, 0.4) is 0 Å². The second-order valence-corrected chi connectivity index (χ2v) is 3.49. The van der Waals surface area contributed by atoms with Crippen LogP contribution in [0, 0.1) is 0 Å². The van der Waals surface area contributed by atoms with Gasteiger partial charge in [-0.1, -0.05) is 0 Å². The minimum atomic E-state index is -0.662. The average Bonchev–Trinajstić information content (AvgIpc) is 2.26. The first kappa shape index (κ1) is 12.4. The minimum absolute atomic E-state index is 0.0316. The fraction of sp³-hybridized carbons (Fsp3) is 0.625. The van der Waals surface area contributed by atoms with Crippen molar-refractivity contribution in [3.63, 3.8) is 0 Å². The van der Waals surface area contributed by atoms with Gasteiger partial charge in [-0.25, -0.2) is 0 Å². The van der Waals surface area contributed by atoms with E-state index >= 15 is 0 Å². The second-order valence-electron chi connectivity index (χ2n) is 3.49. The molecule has 0 aromatic carbocycles. The second kappa shape index (κ2) is 4.90. The summed E-state index contributed by atoms with van der Waals surface area (Å²) in [6, 6.07) is -1.02. The van der Waals surface area contributed by atoms with E-state index in [1.165, 1.54) is 0 Å². The summed E-state index contributed by atoms with van der Waals surface area (Å²) in [5.74, 6) is -0.859. The molecule has 16 heavy (non-hydrogen) atoms. The molecule has 1 saturated heterocycles. The number of carbonyl (C=O) groups excluding carboxylic acids is 2. The molecule has 8 N–H and O–H groups in total. The first-order chi connectivity index (χ1) is 7.49. The lowest BCUT2D eigenvalue weighted by molar-refractivity contribution is -0.160. The highest BCUT2D eigenvalue weighted by Crippen LogP contribution is 2.21. The molecule has 2 unspecified atom stereocenters. The maximum absolute atomic E-state index is 11.3. The predicted molar refractivity (Wildman–Crippen MR) is 58.0 cm³/mol. The Labute approximate surface area is 92.6 Å². The molecule has 8 heteroatoms. The number of likely N-dealkylation sites (tertiary alicyclic amines) is 1. The van der Waals surface area contributed by atoms with E-state index in [2.05, 4.69) is 4.99 Å². The lowest BCUT2D eigenvalue weighted by Crippen LogP contribution is -2.71. The molecule has 1 rings (SSSR count). The Morgan fingerprint density at radius 2 is 2.06 bits per heavy atom. The van der Waals surface area contributed by atoms with Crippen molar-refractivity contribution >= 4 is 17.8 Å². The van der Waals surface area contributed by atoms with Gasteiger partial charge in [-0.2, -0.15) is 0 Å². The number of nitrogens with two attached hydrogens (primary N) is 4. The fourth-order valence-corrected chi connectivity index (χ4v) is 1.61. The predicted octanol–water partition coefficient (Wildman–Crippen LogP) is -3.33. The van der Waals surface area contributed by atoms with Gasteiger partial charge in [0.1, 0.15) is 6.04 Å². The molecule has 0 bridgehead atoms. The van der Waals surface area contributed by atoms with Crippen LogP contribution in [-0.2, 0) is 9.59 Å².